The van der Waals surface area contributed by atoms with E-state index < -0.39 is 0 Å². The van der Waals surface area contributed by atoms with Crippen LogP contribution in [-0.2, 0) is 5.41 Å². The molecule has 0 spiro atoms. The highest BCUT2D eigenvalue weighted by Crippen LogP contribution is 2.30. The summed E-state index contributed by atoms with van der Waals surface area (Å²) in [6.45, 7) is 8.08. The lowest BCUT2D eigenvalue weighted by atomic mass is 9.86. The molecule has 0 heterocycles. The second-order valence-electron chi connectivity index (χ2n) is 6.61. The van der Waals surface area contributed by atoms with E-state index in [-0.39, 0.29) is 5.41 Å². The number of nitrogens with zero attached hydrogens (tertiary/aromatic N) is 1. The van der Waals surface area contributed by atoms with Crippen LogP contribution in [0.15, 0.2) is 48.5 Å². The van der Waals surface area contributed by atoms with E-state index in [0.717, 1.165) is 23.7 Å². The maximum Gasteiger partial charge on any atom is 0.123 e. The minimum Gasteiger partial charge on any atom is -0.491 e. The number of rotatable bonds is 5. The molecule has 22 heavy (non-hydrogen) atoms. The molecule has 0 aliphatic heterocycles. The Morgan fingerprint density at radius 1 is 1.00 bits per heavy atom. The number of para-hydroxylation sites is 1. The van der Waals surface area contributed by atoms with Crippen molar-refractivity contribution in [1.82, 2.24) is 0 Å². The first-order valence-electron chi connectivity index (χ1n) is 7.67. The van der Waals surface area contributed by atoms with Gasteiger partial charge in [0, 0.05) is 18.4 Å². The third-order valence-electron chi connectivity index (χ3n) is 3.71. The Morgan fingerprint density at radius 2 is 1.64 bits per heavy atom. The van der Waals surface area contributed by atoms with Gasteiger partial charge in [-0.3, -0.25) is 0 Å². The van der Waals surface area contributed by atoms with Gasteiger partial charge >= 0.3 is 0 Å². The van der Waals surface area contributed by atoms with Crippen molar-refractivity contribution >= 4 is 11.4 Å². The van der Waals surface area contributed by atoms with Crippen molar-refractivity contribution < 1.29 is 4.74 Å². The Kier molecular flexibility index (Phi) is 4.96. The van der Waals surface area contributed by atoms with E-state index in [1.54, 1.807) is 0 Å². The highest BCUT2D eigenvalue weighted by atomic mass is 16.5. The SMILES string of the molecule is CN(CCOc1ccccc1C(C)(C)C)c1ccc(N)cc1. The molecule has 2 N–H and O–H groups in total. The van der Waals surface area contributed by atoms with Gasteiger partial charge in [0.25, 0.3) is 0 Å². The highest BCUT2D eigenvalue weighted by molar-refractivity contribution is 5.52. The van der Waals surface area contributed by atoms with Gasteiger partial charge in [-0.1, -0.05) is 39.0 Å². The van der Waals surface area contributed by atoms with E-state index in [9.17, 15) is 0 Å². The van der Waals surface area contributed by atoms with Gasteiger partial charge in [-0.05, 0) is 41.3 Å². The summed E-state index contributed by atoms with van der Waals surface area (Å²) in [7, 11) is 2.06. The minimum absolute atomic E-state index is 0.0828. The molecule has 3 nitrogen and oxygen atoms in total. The molecule has 0 atom stereocenters. The van der Waals surface area contributed by atoms with Crippen LogP contribution >= 0.6 is 0 Å². The average Bonchev–Trinajstić information content (AvgIpc) is 2.47. The largest absolute Gasteiger partial charge is 0.491 e. The van der Waals surface area contributed by atoms with Gasteiger partial charge in [-0.25, -0.2) is 0 Å². The second kappa shape index (κ2) is 6.73. The third-order valence-corrected chi connectivity index (χ3v) is 3.71. The van der Waals surface area contributed by atoms with Crippen molar-refractivity contribution in [2.45, 2.75) is 26.2 Å². The van der Waals surface area contributed by atoms with Gasteiger partial charge in [-0.15, -0.1) is 0 Å². The fraction of sp³-hybridized carbons (Fsp3) is 0.368. The van der Waals surface area contributed by atoms with Crippen LogP contribution in [0.25, 0.3) is 0 Å². The summed E-state index contributed by atoms with van der Waals surface area (Å²) in [6.07, 6.45) is 0. The van der Waals surface area contributed by atoms with Crippen LogP contribution in [-0.4, -0.2) is 20.2 Å². The number of anilines is 2. The second-order valence-corrected chi connectivity index (χ2v) is 6.61. The molecule has 2 aromatic rings. The molecule has 0 aliphatic rings. The van der Waals surface area contributed by atoms with Crippen LogP contribution in [0, 0.1) is 0 Å². The van der Waals surface area contributed by atoms with E-state index in [1.807, 2.05) is 36.4 Å². The topological polar surface area (TPSA) is 38.5 Å². The third kappa shape index (κ3) is 4.17. The van der Waals surface area contributed by atoms with E-state index in [1.165, 1.54) is 5.56 Å². The summed E-state index contributed by atoms with van der Waals surface area (Å²) in [5.41, 5.74) is 8.97. The number of nitrogens with two attached hydrogens (primary N) is 1. The molecule has 0 radical (unpaired) electrons. The molecule has 0 amide bonds. The Morgan fingerprint density at radius 3 is 2.27 bits per heavy atom. The summed E-state index contributed by atoms with van der Waals surface area (Å²) in [5.74, 6) is 0.973. The Balaban J connectivity index is 1.95. The molecule has 0 saturated heterocycles. The number of ether oxygens (including phenoxy) is 1. The number of hydrogen-bond donors (Lipinski definition) is 1. The van der Waals surface area contributed by atoms with Crippen molar-refractivity contribution in [2.75, 3.05) is 30.8 Å². The average molecular weight is 298 g/mol. The van der Waals surface area contributed by atoms with Gasteiger partial charge in [-0.2, -0.15) is 0 Å². The molecule has 2 aromatic carbocycles. The lowest BCUT2D eigenvalue weighted by Gasteiger charge is -2.24. The summed E-state index contributed by atoms with van der Waals surface area (Å²) in [5, 5.41) is 0. The summed E-state index contributed by atoms with van der Waals surface area (Å²) in [6, 6.07) is 16.2. The first-order valence-corrected chi connectivity index (χ1v) is 7.67. The van der Waals surface area contributed by atoms with Crippen LogP contribution in [0.5, 0.6) is 5.75 Å². The van der Waals surface area contributed by atoms with Crippen LogP contribution in [0.2, 0.25) is 0 Å². The zero-order chi connectivity index (χ0) is 16.2. The molecule has 0 aliphatic carbocycles. The molecular formula is C19H26N2O. The fourth-order valence-electron chi connectivity index (χ4n) is 2.36. The van der Waals surface area contributed by atoms with Gasteiger partial charge in [0.1, 0.15) is 12.4 Å². The molecule has 118 valence electrons. The Bertz CT molecular complexity index is 600. The number of nitrogen functional groups attached to an aromatic ring is 1. The maximum absolute atomic E-state index is 6.01. The van der Waals surface area contributed by atoms with Crippen molar-refractivity contribution in [1.29, 1.82) is 0 Å². The standard InChI is InChI=1S/C19H26N2O/c1-19(2,3)17-7-5-6-8-18(17)22-14-13-21(4)16-11-9-15(20)10-12-16/h5-12H,13-14,20H2,1-4H3. The Hall–Kier alpha value is -2.16. The molecule has 2 rings (SSSR count). The number of benzene rings is 2. The zero-order valence-electron chi connectivity index (χ0n) is 14.0. The van der Waals surface area contributed by atoms with Crippen LogP contribution < -0.4 is 15.4 Å². The zero-order valence-corrected chi connectivity index (χ0v) is 14.0. The fourth-order valence-corrected chi connectivity index (χ4v) is 2.36. The lowest BCUT2D eigenvalue weighted by molar-refractivity contribution is 0.316. The smallest absolute Gasteiger partial charge is 0.123 e. The van der Waals surface area contributed by atoms with Crippen molar-refractivity contribution in [2.24, 2.45) is 0 Å². The number of likely N-dealkylation sites (N-methyl/N-ethyl adjacent to an activating group) is 1. The van der Waals surface area contributed by atoms with Crippen LogP contribution in [0.1, 0.15) is 26.3 Å². The first kappa shape index (κ1) is 16.2. The molecular weight excluding hydrogens is 272 g/mol. The molecule has 0 unspecified atom stereocenters. The minimum atomic E-state index is 0.0828. The lowest BCUT2D eigenvalue weighted by Crippen LogP contribution is -2.24. The van der Waals surface area contributed by atoms with E-state index in [2.05, 4.69) is 44.9 Å². The molecule has 3 heteroatoms. The van der Waals surface area contributed by atoms with E-state index >= 15 is 0 Å². The van der Waals surface area contributed by atoms with Gasteiger partial charge < -0.3 is 15.4 Å². The van der Waals surface area contributed by atoms with Gasteiger partial charge in [0.15, 0.2) is 0 Å². The van der Waals surface area contributed by atoms with E-state index in [4.69, 9.17) is 10.5 Å². The maximum atomic E-state index is 6.01. The molecule has 0 aromatic heterocycles. The van der Waals surface area contributed by atoms with Crippen LogP contribution in [0.3, 0.4) is 0 Å². The monoisotopic (exact) mass is 298 g/mol. The van der Waals surface area contributed by atoms with Gasteiger partial charge in [0.05, 0.1) is 6.54 Å². The highest BCUT2D eigenvalue weighted by Gasteiger charge is 2.18. The summed E-state index contributed by atoms with van der Waals surface area (Å²) < 4.78 is 6.01. The predicted octanol–water partition coefficient (Wildman–Crippen LogP) is 4.08. The van der Waals surface area contributed by atoms with Crippen LogP contribution in [0.4, 0.5) is 11.4 Å². The first-order chi connectivity index (χ1) is 10.4. The molecule has 0 bridgehead atoms. The molecule has 0 fully saturated rings. The Labute approximate surface area is 133 Å². The normalized spacial score (nSPS) is 11.3. The van der Waals surface area contributed by atoms with Crippen molar-refractivity contribution in [3.05, 3.63) is 54.1 Å². The summed E-state index contributed by atoms with van der Waals surface area (Å²) in [4.78, 5) is 2.17. The van der Waals surface area contributed by atoms with E-state index in [0.29, 0.717) is 6.61 Å². The predicted molar refractivity (Wildman–Crippen MR) is 94.8 cm³/mol. The quantitative estimate of drug-likeness (QED) is 0.845. The molecule has 0 saturated carbocycles. The van der Waals surface area contributed by atoms with Crippen molar-refractivity contribution in [3.63, 3.8) is 0 Å². The summed E-state index contributed by atoms with van der Waals surface area (Å²) >= 11 is 0. The number of hydrogen-bond acceptors (Lipinski definition) is 3. The van der Waals surface area contributed by atoms with Crippen molar-refractivity contribution in [3.8, 4) is 5.75 Å². The van der Waals surface area contributed by atoms with Gasteiger partial charge in [0.2, 0.25) is 0 Å².